The van der Waals surface area contributed by atoms with Gasteiger partial charge in [-0.2, -0.15) is 0 Å². The van der Waals surface area contributed by atoms with E-state index in [-0.39, 0.29) is 0 Å². The summed E-state index contributed by atoms with van der Waals surface area (Å²) in [6.07, 6.45) is 5.03. The van der Waals surface area contributed by atoms with E-state index in [9.17, 15) is 0 Å². The van der Waals surface area contributed by atoms with E-state index in [1.54, 1.807) is 18.0 Å². The summed E-state index contributed by atoms with van der Waals surface area (Å²) in [5.41, 5.74) is 9.71. The molecule has 1 aliphatic rings. The Balaban J connectivity index is 1.54. The molecular formula is C23H26N6O2S. The molecule has 0 amide bonds. The second-order valence-corrected chi connectivity index (χ2v) is 9.08. The molecule has 0 saturated heterocycles. The number of nitrogens with zero attached hydrogens (tertiary/aromatic N) is 4. The van der Waals surface area contributed by atoms with E-state index < -0.39 is 0 Å². The number of nitrogens with one attached hydrogen (secondary N) is 1. The number of benzene rings is 1. The largest absolute Gasteiger partial charge is 0.493 e. The molecule has 0 bridgehead atoms. The highest BCUT2D eigenvalue weighted by molar-refractivity contribution is 7.99. The van der Waals surface area contributed by atoms with Crippen LogP contribution in [0.3, 0.4) is 0 Å². The highest BCUT2D eigenvalue weighted by Crippen LogP contribution is 2.42. The Morgan fingerprint density at radius 2 is 2.19 bits per heavy atom. The van der Waals surface area contributed by atoms with E-state index in [0.29, 0.717) is 24.0 Å². The van der Waals surface area contributed by atoms with Crippen LogP contribution in [0.5, 0.6) is 5.75 Å². The molecule has 32 heavy (non-hydrogen) atoms. The van der Waals surface area contributed by atoms with Crippen molar-refractivity contribution < 1.29 is 9.15 Å². The summed E-state index contributed by atoms with van der Waals surface area (Å²) < 4.78 is 13.7. The molecule has 8 nitrogen and oxygen atoms in total. The summed E-state index contributed by atoms with van der Waals surface area (Å²) in [4.78, 5) is 14.5. The fraction of sp³-hybridized carbons (Fsp3) is 0.348. The minimum Gasteiger partial charge on any atom is -0.493 e. The molecule has 0 atom stereocenters. The first-order valence-electron chi connectivity index (χ1n) is 10.8. The topological polar surface area (TPSA) is 104 Å². The van der Waals surface area contributed by atoms with Crippen LogP contribution in [0, 0.1) is 0 Å². The smallest absolute Gasteiger partial charge is 0.175 e. The number of rotatable bonds is 8. The van der Waals surface area contributed by atoms with E-state index in [1.165, 1.54) is 11.9 Å². The number of nitrogen functional groups attached to an aromatic ring is 1. The zero-order valence-electron chi connectivity index (χ0n) is 18.2. The number of anilines is 1. The quantitative estimate of drug-likeness (QED) is 0.386. The molecule has 4 aromatic rings. The molecule has 166 valence electrons. The van der Waals surface area contributed by atoms with Gasteiger partial charge in [-0.05, 0) is 42.8 Å². The maximum Gasteiger partial charge on any atom is 0.175 e. The van der Waals surface area contributed by atoms with Crippen LogP contribution in [-0.4, -0.2) is 38.7 Å². The molecule has 0 spiro atoms. The Morgan fingerprint density at radius 3 is 3.00 bits per heavy atom. The summed E-state index contributed by atoms with van der Waals surface area (Å²) in [5.74, 6) is 2.11. The highest BCUT2D eigenvalue weighted by Gasteiger charge is 2.22. The van der Waals surface area contributed by atoms with Gasteiger partial charge in [0.25, 0.3) is 0 Å². The molecule has 5 rings (SSSR count). The monoisotopic (exact) mass is 450 g/mol. The lowest BCUT2D eigenvalue weighted by molar-refractivity contribution is 0.357. The van der Waals surface area contributed by atoms with Gasteiger partial charge in [0, 0.05) is 29.5 Å². The second kappa shape index (κ2) is 8.84. The summed E-state index contributed by atoms with van der Waals surface area (Å²) in [6, 6.07) is 8.56. The van der Waals surface area contributed by atoms with E-state index in [1.807, 2.05) is 12.1 Å². The predicted octanol–water partition coefficient (Wildman–Crippen LogP) is 4.14. The lowest BCUT2D eigenvalue weighted by Crippen LogP contribution is -2.24. The van der Waals surface area contributed by atoms with Crippen LogP contribution in [0.4, 0.5) is 5.82 Å². The maximum atomic E-state index is 6.13. The molecule has 1 aromatic carbocycles. The number of fused-ring (bicyclic) bond motifs is 2. The van der Waals surface area contributed by atoms with Crippen molar-refractivity contribution in [3.8, 4) is 17.1 Å². The number of ether oxygens (including phenoxy) is 1. The van der Waals surface area contributed by atoms with Gasteiger partial charge in [0.1, 0.15) is 17.8 Å². The number of hydrogen-bond donors (Lipinski definition) is 2. The lowest BCUT2D eigenvalue weighted by Gasteiger charge is -2.13. The molecule has 0 unspecified atom stereocenters. The first-order chi connectivity index (χ1) is 15.6. The highest BCUT2D eigenvalue weighted by atomic mass is 32.2. The molecule has 1 aliphatic heterocycles. The van der Waals surface area contributed by atoms with E-state index >= 15 is 0 Å². The van der Waals surface area contributed by atoms with Crippen molar-refractivity contribution >= 4 is 28.7 Å². The van der Waals surface area contributed by atoms with Gasteiger partial charge in [-0.3, -0.25) is 0 Å². The van der Waals surface area contributed by atoms with Crippen LogP contribution >= 0.6 is 11.8 Å². The van der Waals surface area contributed by atoms with Crippen LogP contribution in [0.15, 0.2) is 51.3 Å². The van der Waals surface area contributed by atoms with Crippen molar-refractivity contribution in [1.29, 1.82) is 0 Å². The lowest BCUT2D eigenvalue weighted by atomic mass is 10.1. The third-order valence-corrected chi connectivity index (χ3v) is 6.47. The minimum absolute atomic E-state index is 0.393. The van der Waals surface area contributed by atoms with Crippen molar-refractivity contribution in [2.75, 3.05) is 18.9 Å². The number of imidazole rings is 1. The average molecular weight is 451 g/mol. The summed E-state index contributed by atoms with van der Waals surface area (Å²) in [7, 11) is 0. The van der Waals surface area contributed by atoms with Crippen LogP contribution in [0.25, 0.3) is 22.5 Å². The number of hydrogen-bond acceptors (Lipinski definition) is 8. The van der Waals surface area contributed by atoms with Crippen molar-refractivity contribution in [1.82, 2.24) is 24.8 Å². The van der Waals surface area contributed by atoms with Crippen LogP contribution in [-0.2, 0) is 13.0 Å². The van der Waals surface area contributed by atoms with E-state index in [0.717, 1.165) is 58.7 Å². The van der Waals surface area contributed by atoms with E-state index in [4.69, 9.17) is 19.9 Å². The molecule has 0 aliphatic carbocycles. The van der Waals surface area contributed by atoms with Crippen molar-refractivity contribution in [2.45, 2.75) is 49.3 Å². The van der Waals surface area contributed by atoms with Gasteiger partial charge >= 0.3 is 0 Å². The Labute approximate surface area is 190 Å². The summed E-state index contributed by atoms with van der Waals surface area (Å²) in [5, 5.41) is 4.30. The Bertz CT molecular complexity index is 1240. The predicted molar refractivity (Wildman–Crippen MR) is 125 cm³/mol. The zero-order valence-corrected chi connectivity index (χ0v) is 19.0. The average Bonchev–Trinajstić information content (AvgIpc) is 3.51. The van der Waals surface area contributed by atoms with Gasteiger partial charge in [0.15, 0.2) is 22.1 Å². The van der Waals surface area contributed by atoms with Crippen LogP contribution in [0.2, 0.25) is 0 Å². The minimum atomic E-state index is 0.393. The zero-order chi connectivity index (χ0) is 22.1. The molecular weight excluding hydrogens is 424 g/mol. The summed E-state index contributed by atoms with van der Waals surface area (Å²) >= 11 is 1.60. The normalized spacial score (nSPS) is 13.1. The standard InChI is InChI=1S/C23H26N6O2S/c1-14(2)25-7-4-8-29-22-20(21(24)26-13-27-22)28-23(29)32-19-11-15-6-10-31-18(15)12-16(19)17-5-3-9-30-17/h3,5,9,11-14,25H,4,6-8,10H2,1-2H3,(H2,24,26,27). The fourth-order valence-corrected chi connectivity index (χ4v) is 4.94. The number of furan rings is 1. The van der Waals surface area contributed by atoms with E-state index in [2.05, 4.69) is 45.8 Å². The first kappa shape index (κ1) is 20.8. The van der Waals surface area contributed by atoms with Gasteiger partial charge < -0.3 is 24.8 Å². The molecule has 4 heterocycles. The van der Waals surface area contributed by atoms with Crippen molar-refractivity contribution in [3.05, 3.63) is 42.4 Å². The summed E-state index contributed by atoms with van der Waals surface area (Å²) in [6.45, 7) is 6.69. The fourth-order valence-electron chi connectivity index (χ4n) is 3.85. The van der Waals surface area contributed by atoms with Crippen LogP contribution in [0.1, 0.15) is 25.8 Å². The Kier molecular flexibility index (Phi) is 5.75. The van der Waals surface area contributed by atoms with Gasteiger partial charge in [-0.1, -0.05) is 25.6 Å². The first-order valence-corrected chi connectivity index (χ1v) is 11.6. The van der Waals surface area contributed by atoms with Gasteiger partial charge in [0.2, 0.25) is 0 Å². The maximum absolute atomic E-state index is 6.13. The van der Waals surface area contributed by atoms with Gasteiger partial charge in [-0.15, -0.1) is 0 Å². The number of aryl methyl sites for hydroxylation is 1. The third-order valence-electron chi connectivity index (χ3n) is 5.42. The molecule has 3 N–H and O–H groups in total. The third kappa shape index (κ3) is 4.05. The Morgan fingerprint density at radius 1 is 1.28 bits per heavy atom. The second-order valence-electron chi connectivity index (χ2n) is 8.07. The van der Waals surface area contributed by atoms with Crippen molar-refractivity contribution in [3.63, 3.8) is 0 Å². The molecule has 9 heteroatoms. The molecule has 0 saturated carbocycles. The van der Waals surface area contributed by atoms with Gasteiger partial charge in [-0.25, -0.2) is 15.0 Å². The van der Waals surface area contributed by atoms with Gasteiger partial charge in [0.05, 0.1) is 12.9 Å². The number of aromatic nitrogens is 4. The molecule has 0 fully saturated rings. The van der Waals surface area contributed by atoms with Crippen LogP contribution < -0.4 is 15.8 Å². The number of nitrogens with two attached hydrogens (primary N) is 1. The Hall–Kier alpha value is -3.04. The molecule has 3 aromatic heterocycles. The molecule has 0 radical (unpaired) electrons. The SMILES string of the molecule is CC(C)NCCCn1c(Sc2cc3c(cc2-c2ccco2)OCC3)nc2c(N)ncnc21. The van der Waals surface area contributed by atoms with Crippen molar-refractivity contribution in [2.24, 2.45) is 0 Å².